The Hall–Kier alpha value is -3.14. The van der Waals surface area contributed by atoms with Crippen LogP contribution in [0.25, 0.3) is 16.7 Å². The van der Waals surface area contributed by atoms with Gasteiger partial charge >= 0.3 is 13.2 Å². The zero-order chi connectivity index (χ0) is 31.9. The monoisotopic (exact) mass is 612 g/mol. The Kier molecular flexibility index (Phi) is 7.26. The summed E-state index contributed by atoms with van der Waals surface area (Å²) in [5.74, 6) is 1.16. The van der Waals surface area contributed by atoms with Crippen molar-refractivity contribution in [2.75, 3.05) is 20.3 Å². The molecule has 8 nitrogen and oxygen atoms in total. The first-order chi connectivity index (χ1) is 21.2. The van der Waals surface area contributed by atoms with Crippen molar-refractivity contribution in [1.29, 1.82) is 0 Å². The lowest BCUT2D eigenvalue weighted by Crippen LogP contribution is -2.43. The van der Waals surface area contributed by atoms with Gasteiger partial charge in [0.2, 0.25) is 0 Å². The van der Waals surface area contributed by atoms with Gasteiger partial charge in [-0.15, -0.1) is 0 Å². The number of hydrogen-bond acceptors (Lipinski definition) is 7. The largest absolute Gasteiger partial charge is 0.494 e. The molecular formula is C36H45BN2O6. The predicted molar refractivity (Wildman–Crippen MR) is 176 cm³/mol. The van der Waals surface area contributed by atoms with Gasteiger partial charge in [0.05, 0.1) is 23.9 Å². The van der Waals surface area contributed by atoms with Crippen molar-refractivity contribution >= 4 is 30.0 Å². The first-order valence-electron chi connectivity index (χ1n) is 16.3. The first kappa shape index (κ1) is 30.5. The summed E-state index contributed by atoms with van der Waals surface area (Å²) in [5, 5.41) is 0. The third-order valence-electron chi connectivity index (χ3n) is 10.3. The number of hydrogen-bond donors (Lipinski definition) is 0. The number of carbonyl (C=O) groups excluding carboxylic acids is 1. The van der Waals surface area contributed by atoms with Crippen LogP contribution in [0, 0.1) is 5.92 Å². The van der Waals surface area contributed by atoms with Crippen LogP contribution >= 0.6 is 0 Å². The highest BCUT2D eigenvalue weighted by atomic mass is 16.7. The fraction of sp³-hybridized carbons (Fsp3) is 0.556. The standard InChI is InChI=1S/C36H45BN2O6/c1-34(2,3)43-33(40)39-18-21(19-41-8)13-31(39)30-16-27-26-17-32-28(15-22(26)9-12-29(27)38-30)25-11-10-24(14-23(25)20-42-32)37-44-35(4,5)36(6,7)45-37/h10-11,14-15,17,21,31H,9,12-13,16,18-20H2,1-8H3/t21-,31-/m0/s1. The second-order valence-corrected chi connectivity index (χ2v) is 15.2. The number of fused-ring (bicyclic) bond motifs is 5. The Morgan fingerprint density at radius 1 is 1.02 bits per heavy atom. The van der Waals surface area contributed by atoms with E-state index in [-0.39, 0.29) is 29.3 Å². The van der Waals surface area contributed by atoms with Gasteiger partial charge in [0, 0.05) is 43.0 Å². The molecule has 2 aromatic carbocycles. The minimum Gasteiger partial charge on any atom is -0.488 e. The maximum atomic E-state index is 13.3. The number of methoxy groups -OCH3 is 1. The van der Waals surface area contributed by atoms with Gasteiger partial charge in [-0.2, -0.15) is 0 Å². The van der Waals surface area contributed by atoms with Crippen molar-refractivity contribution in [1.82, 2.24) is 4.90 Å². The highest BCUT2D eigenvalue weighted by Crippen LogP contribution is 2.47. The molecule has 0 radical (unpaired) electrons. The maximum absolute atomic E-state index is 13.3. The molecule has 4 aliphatic heterocycles. The highest BCUT2D eigenvalue weighted by molar-refractivity contribution is 6.62. The Labute approximate surface area is 267 Å². The van der Waals surface area contributed by atoms with Gasteiger partial charge in [0.15, 0.2) is 0 Å². The average Bonchev–Trinajstić information content (AvgIpc) is 3.64. The molecule has 0 spiro atoms. The van der Waals surface area contributed by atoms with E-state index in [9.17, 15) is 4.79 Å². The number of amides is 1. The zero-order valence-corrected chi connectivity index (χ0v) is 27.9. The Balaban J connectivity index is 1.13. The quantitative estimate of drug-likeness (QED) is 0.376. The number of rotatable bonds is 4. The molecule has 1 amide bonds. The third kappa shape index (κ3) is 5.41. The van der Waals surface area contributed by atoms with Crippen molar-refractivity contribution in [3.05, 3.63) is 52.7 Å². The molecule has 9 heteroatoms. The molecule has 0 N–H and O–H groups in total. The lowest BCUT2D eigenvalue weighted by molar-refractivity contribution is 0.00578. The molecule has 2 fully saturated rings. The molecular weight excluding hydrogens is 567 g/mol. The first-order valence-corrected chi connectivity index (χ1v) is 16.3. The van der Waals surface area contributed by atoms with Gasteiger partial charge < -0.3 is 23.5 Å². The van der Waals surface area contributed by atoms with E-state index in [1.54, 1.807) is 7.11 Å². The van der Waals surface area contributed by atoms with Crippen molar-refractivity contribution in [3.63, 3.8) is 0 Å². The molecule has 2 saturated heterocycles. The van der Waals surface area contributed by atoms with Crippen LogP contribution < -0.4 is 10.2 Å². The minimum atomic E-state index is -0.555. The Morgan fingerprint density at radius 2 is 1.78 bits per heavy atom. The Bertz CT molecular complexity index is 1600. The van der Waals surface area contributed by atoms with E-state index in [1.165, 1.54) is 22.3 Å². The highest BCUT2D eigenvalue weighted by Gasteiger charge is 2.52. The molecule has 0 saturated carbocycles. The normalized spacial score (nSPS) is 24.5. The van der Waals surface area contributed by atoms with Crippen LogP contribution in [0.1, 0.15) is 84.4 Å². The molecule has 45 heavy (non-hydrogen) atoms. The van der Waals surface area contributed by atoms with Crippen LogP contribution in [-0.2, 0) is 31.8 Å². The summed E-state index contributed by atoms with van der Waals surface area (Å²) in [6.45, 7) is 15.8. The van der Waals surface area contributed by atoms with Crippen molar-refractivity contribution in [3.8, 4) is 16.9 Å². The van der Waals surface area contributed by atoms with Crippen molar-refractivity contribution < 1.29 is 28.3 Å². The lowest BCUT2D eigenvalue weighted by Gasteiger charge is -2.32. The van der Waals surface area contributed by atoms with Crippen LogP contribution in [0.3, 0.4) is 0 Å². The Morgan fingerprint density at radius 3 is 2.49 bits per heavy atom. The fourth-order valence-corrected chi connectivity index (χ4v) is 7.30. The second kappa shape index (κ2) is 10.7. The van der Waals surface area contributed by atoms with Crippen LogP contribution in [0.4, 0.5) is 4.79 Å². The molecule has 5 aliphatic rings. The predicted octanol–water partition coefficient (Wildman–Crippen LogP) is 6.32. The number of carbonyl (C=O) groups is 1. The van der Waals surface area contributed by atoms with E-state index in [4.69, 9.17) is 28.5 Å². The van der Waals surface area contributed by atoms with Gasteiger partial charge in [-0.3, -0.25) is 9.89 Å². The number of allylic oxidation sites excluding steroid dienone is 2. The molecule has 0 aromatic heterocycles. The summed E-state index contributed by atoms with van der Waals surface area (Å²) >= 11 is 0. The number of likely N-dealkylation sites (tertiary alicyclic amines) is 1. The smallest absolute Gasteiger partial charge is 0.488 e. The molecule has 1 aliphatic carbocycles. The van der Waals surface area contributed by atoms with Crippen LogP contribution in [0.5, 0.6) is 5.75 Å². The summed E-state index contributed by atoms with van der Waals surface area (Å²) in [6.07, 6.45) is 3.10. The van der Waals surface area contributed by atoms with Crippen LogP contribution in [0.2, 0.25) is 0 Å². The van der Waals surface area contributed by atoms with Crippen LogP contribution in [0.15, 0.2) is 41.0 Å². The summed E-state index contributed by atoms with van der Waals surface area (Å²) in [7, 11) is 1.32. The summed E-state index contributed by atoms with van der Waals surface area (Å²) in [4.78, 5) is 20.3. The van der Waals surface area contributed by atoms with Gasteiger partial charge in [-0.05, 0) is 113 Å². The molecule has 0 bridgehead atoms. The number of ether oxygens (including phenoxy) is 3. The summed E-state index contributed by atoms with van der Waals surface area (Å²) in [5.41, 5.74) is 9.17. The van der Waals surface area contributed by atoms with Crippen molar-refractivity contribution in [2.24, 2.45) is 10.9 Å². The maximum Gasteiger partial charge on any atom is 0.494 e. The van der Waals surface area contributed by atoms with E-state index >= 15 is 0 Å². The minimum absolute atomic E-state index is 0.0898. The van der Waals surface area contributed by atoms with Gasteiger partial charge in [0.1, 0.15) is 18.0 Å². The molecule has 2 atom stereocenters. The summed E-state index contributed by atoms with van der Waals surface area (Å²) < 4.78 is 30.3. The van der Waals surface area contributed by atoms with E-state index in [0.29, 0.717) is 19.8 Å². The number of aliphatic imine (C=N–C) groups is 1. The number of aryl methyl sites for hydroxylation is 1. The number of benzene rings is 2. The van der Waals surface area contributed by atoms with Crippen molar-refractivity contribution in [2.45, 2.75) is 104 Å². The van der Waals surface area contributed by atoms with Crippen LogP contribution in [-0.4, -0.2) is 66.9 Å². The van der Waals surface area contributed by atoms with E-state index in [2.05, 4.69) is 58.0 Å². The SMILES string of the molecule is COC[C@H]1C[C@@H](C2=NC3=C(C2)c2cc4c(cc2CC3)-c2ccc(B3OC(C)(C)C(C)(C)O3)cc2CO4)N(C(=O)OC(C)(C)C)C1. The molecule has 7 rings (SSSR count). The summed E-state index contributed by atoms with van der Waals surface area (Å²) in [6, 6.07) is 10.9. The zero-order valence-electron chi connectivity index (χ0n) is 27.9. The van der Waals surface area contributed by atoms with E-state index in [0.717, 1.165) is 59.4 Å². The second-order valence-electron chi connectivity index (χ2n) is 15.2. The van der Waals surface area contributed by atoms with Gasteiger partial charge in [-0.25, -0.2) is 4.79 Å². The molecule has 4 heterocycles. The number of nitrogens with zero attached hydrogens (tertiary/aromatic N) is 2. The molecule has 2 aromatic rings. The third-order valence-corrected chi connectivity index (χ3v) is 10.3. The lowest BCUT2D eigenvalue weighted by atomic mass is 9.76. The van der Waals surface area contributed by atoms with Gasteiger partial charge in [-0.1, -0.05) is 18.2 Å². The molecule has 238 valence electrons. The van der Waals surface area contributed by atoms with E-state index in [1.807, 2.05) is 25.7 Å². The van der Waals surface area contributed by atoms with Gasteiger partial charge in [0.25, 0.3) is 0 Å². The van der Waals surface area contributed by atoms with E-state index < -0.39 is 12.7 Å². The average molecular weight is 613 g/mol. The fourth-order valence-electron chi connectivity index (χ4n) is 7.30. The topological polar surface area (TPSA) is 78.8 Å². The molecule has 0 unspecified atom stereocenters.